The summed E-state index contributed by atoms with van der Waals surface area (Å²) in [5.41, 5.74) is 2.50. The highest BCUT2D eigenvalue weighted by Gasteiger charge is 2.35. The van der Waals surface area contributed by atoms with Gasteiger partial charge in [0.15, 0.2) is 0 Å². The maximum atomic E-state index is 13.1. The lowest BCUT2D eigenvalue weighted by Crippen LogP contribution is -2.43. The highest BCUT2D eigenvalue weighted by Crippen LogP contribution is 2.35. The molecule has 1 aliphatic carbocycles. The van der Waals surface area contributed by atoms with Crippen molar-refractivity contribution in [2.75, 3.05) is 20.8 Å². The van der Waals surface area contributed by atoms with Crippen molar-refractivity contribution < 1.29 is 19.1 Å². The molecule has 1 N–H and O–H groups in total. The predicted molar refractivity (Wildman–Crippen MR) is 212 cm³/mol. The third-order valence-electron chi connectivity index (χ3n) is 11.1. The molecule has 52 heavy (non-hydrogen) atoms. The second kappa shape index (κ2) is 21.0. The summed E-state index contributed by atoms with van der Waals surface area (Å²) < 4.78 is 11.5. The van der Waals surface area contributed by atoms with Crippen LogP contribution in [0.4, 0.5) is 0 Å². The molecule has 0 unspecified atom stereocenters. The summed E-state index contributed by atoms with van der Waals surface area (Å²) in [6, 6.07) is 21.0. The van der Waals surface area contributed by atoms with Gasteiger partial charge in [0.05, 0.1) is 22.2 Å². The number of rotatable bonds is 18. The highest BCUT2D eigenvalue weighted by atomic mass is 32.1. The molecule has 4 aromatic rings. The zero-order valence-corrected chi connectivity index (χ0v) is 33.0. The Kier molecular flexibility index (Phi) is 16.2. The molecule has 1 saturated carbocycles. The quantitative estimate of drug-likeness (QED) is 0.109. The molecule has 0 bridgehead atoms. The first kappa shape index (κ1) is 40.1. The van der Waals surface area contributed by atoms with Crippen molar-refractivity contribution in [1.82, 2.24) is 15.3 Å². The number of ether oxygens (including phenoxy) is 2. The van der Waals surface area contributed by atoms with Crippen LogP contribution in [0.2, 0.25) is 0 Å². The summed E-state index contributed by atoms with van der Waals surface area (Å²) in [4.78, 5) is 35.2. The summed E-state index contributed by atoms with van der Waals surface area (Å²) in [6.07, 6.45) is 13.5. The molecular formula is C43H57N3O4S2. The van der Waals surface area contributed by atoms with E-state index in [1.165, 1.54) is 36.8 Å². The van der Waals surface area contributed by atoms with Gasteiger partial charge < -0.3 is 14.8 Å². The van der Waals surface area contributed by atoms with E-state index in [1.807, 2.05) is 54.3 Å². The van der Waals surface area contributed by atoms with Gasteiger partial charge in [0.1, 0.15) is 11.6 Å². The molecule has 9 heteroatoms. The molecule has 0 radical (unpaired) electrons. The van der Waals surface area contributed by atoms with E-state index in [-0.39, 0.29) is 47.7 Å². The third-order valence-corrected chi connectivity index (χ3v) is 12.9. The van der Waals surface area contributed by atoms with Gasteiger partial charge in [-0.3, -0.25) is 9.59 Å². The Morgan fingerprint density at radius 1 is 0.712 bits per heavy atom. The first-order valence-electron chi connectivity index (χ1n) is 19.1. The van der Waals surface area contributed by atoms with Gasteiger partial charge >= 0.3 is 0 Å². The largest absolute Gasteiger partial charge is 0.380 e. The maximum Gasteiger partial charge on any atom is 0.139 e. The molecule has 1 saturated heterocycles. The minimum atomic E-state index is -0.117. The summed E-state index contributed by atoms with van der Waals surface area (Å²) >= 11 is 3.29. The molecule has 1 aliphatic heterocycles. The standard InChI is InChI=1S/C22H29NO2S.C21H28N2O2S/c1-16(21(25-2)18-10-6-7-11-18)20(24)15-19(22-23-12-13-26-22)14-17-8-4-3-5-9-17;1-15(20(25-2)18-9-6-10-22-18)19(24)14-17(21-23-11-12-26-21)13-16-7-4-3-5-8-16/h3-5,8-9,12-13,16,18-19,21H,6-7,10-11,14-15H2,1-2H3;3-5,7-8,11-12,15,17-18,20,22H,6,9-10,13-14H2,1-2H3/t16-,19+,21+;15-,17+,18-,20+/m00/s1. The minimum absolute atomic E-state index is 0.0543. The fraction of sp³-hybridized carbons (Fsp3) is 0.535. The summed E-state index contributed by atoms with van der Waals surface area (Å²) in [5.74, 6) is 1.21. The van der Waals surface area contributed by atoms with Crippen LogP contribution < -0.4 is 5.32 Å². The normalized spacial score (nSPS) is 19.6. The molecule has 6 rings (SSSR count). The number of carbonyl (C=O) groups excluding carboxylic acids is 2. The van der Waals surface area contributed by atoms with Crippen LogP contribution in [0, 0.1) is 17.8 Å². The molecule has 2 fully saturated rings. The Morgan fingerprint density at radius 2 is 1.19 bits per heavy atom. The van der Waals surface area contributed by atoms with E-state index in [0.717, 1.165) is 42.2 Å². The van der Waals surface area contributed by atoms with Crippen molar-refractivity contribution >= 4 is 34.2 Å². The second-order valence-corrected chi connectivity index (χ2v) is 16.4. The SMILES string of the molecule is CO[C@@H](C1CCCC1)[C@@H](C)C(=O)C[C@@H](Cc1ccccc1)c1nccs1.CO[C@@H]([C@@H]1CCCN1)[C@@H](C)C(=O)C[C@@H](Cc1ccccc1)c1nccs1. The Balaban J connectivity index is 0.000000201. The predicted octanol–water partition coefficient (Wildman–Crippen LogP) is 9.10. The molecule has 2 aromatic heterocycles. The molecule has 0 amide bonds. The second-order valence-electron chi connectivity index (χ2n) is 14.6. The van der Waals surface area contributed by atoms with Crippen LogP contribution in [0.3, 0.4) is 0 Å². The fourth-order valence-electron chi connectivity index (χ4n) is 8.19. The van der Waals surface area contributed by atoms with Gasteiger partial charge in [-0.05, 0) is 62.1 Å². The molecule has 280 valence electrons. The number of Topliss-reactive ketones (excluding diaryl/α,β-unsaturated/α-hetero) is 2. The minimum Gasteiger partial charge on any atom is -0.380 e. The van der Waals surface area contributed by atoms with Crippen molar-refractivity contribution in [2.24, 2.45) is 17.8 Å². The van der Waals surface area contributed by atoms with Crippen LogP contribution in [0.25, 0.3) is 0 Å². The van der Waals surface area contributed by atoms with Gasteiger partial charge in [-0.25, -0.2) is 9.97 Å². The monoisotopic (exact) mass is 743 g/mol. The number of thiazole rings is 2. The molecule has 7 nitrogen and oxygen atoms in total. The number of aromatic nitrogens is 2. The van der Waals surface area contributed by atoms with Crippen molar-refractivity contribution in [2.45, 2.75) is 108 Å². The molecule has 2 aliphatic rings. The Bertz CT molecular complexity index is 1450. The van der Waals surface area contributed by atoms with E-state index >= 15 is 0 Å². The zero-order valence-electron chi connectivity index (χ0n) is 31.3. The number of hydrogen-bond acceptors (Lipinski definition) is 9. The van der Waals surface area contributed by atoms with Gasteiger partial charge in [0, 0.05) is 79.9 Å². The zero-order chi connectivity index (χ0) is 36.7. The van der Waals surface area contributed by atoms with E-state index < -0.39 is 0 Å². The lowest BCUT2D eigenvalue weighted by atomic mass is 9.83. The van der Waals surface area contributed by atoms with Crippen LogP contribution in [-0.4, -0.2) is 60.5 Å². The van der Waals surface area contributed by atoms with E-state index in [2.05, 4.69) is 58.6 Å². The van der Waals surface area contributed by atoms with E-state index in [9.17, 15) is 9.59 Å². The Hall–Kier alpha value is -3.08. The summed E-state index contributed by atoms with van der Waals surface area (Å²) in [7, 11) is 3.48. The van der Waals surface area contributed by atoms with Crippen molar-refractivity contribution in [1.29, 1.82) is 0 Å². The van der Waals surface area contributed by atoms with E-state index in [1.54, 1.807) is 36.9 Å². The molecule has 0 spiro atoms. The van der Waals surface area contributed by atoms with Gasteiger partial charge in [-0.2, -0.15) is 0 Å². The molecule has 3 heterocycles. The molecule has 7 atom stereocenters. The van der Waals surface area contributed by atoms with E-state index in [4.69, 9.17) is 9.47 Å². The molecular weight excluding hydrogens is 687 g/mol. The Labute approximate surface area is 319 Å². The van der Waals surface area contributed by atoms with Crippen LogP contribution in [0.1, 0.15) is 98.2 Å². The van der Waals surface area contributed by atoms with Crippen LogP contribution in [0.5, 0.6) is 0 Å². The summed E-state index contributed by atoms with van der Waals surface area (Å²) in [5, 5.41) is 9.57. The van der Waals surface area contributed by atoms with Crippen molar-refractivity contribution in [3.63, 3.8) is 0 Å². The van der Waals surface area contributed by atoms with Gasteiger partial charge in [-0.1, -0.05) is 87.4 Å². The van der Waals surface area contributed by atoms with Gasteiger partial charge in [0.25, 0.3) is 0 Å². The van der Waals surface area contributed by atoms with E-state index in [0.29, 0.717) is 24.5 Å². The number of methoxy groups -OCH3 is 2. The van der Waals surface area contributed by atoms with Crippen molar-refractivity contribution in [3.8, 4) is 0 Å². The number of carbonyl (C=O) groups is 2. The number of ketones is 2. The molecule has 2 aromatic carbocycles. The number of nitrogens with one attached hydrogen (secondary N) is 1. The number of hydrogen-bond donors (Lipinski definition) is 1. The smallest absolute Gasteiger partial charge is 0.139 e. The first-order valence-corrected chi connectivity index (χ1v) is 20.8. The number of nitrogens with zero attached hydrogens (tertiary/aromatic N) is 2. The van der Waals surface area contributed by atoms with Gasteiger partial charge in [0.2, 0.25) is 0 Å². The van der Waals surface area contributed by atoms with Crippen LogP contribution in [-0.2, 0) is 31.9 Å². The summed E-state index contributed by atoms with van der Waals surface area (Å²) in [6.45, 7) is 5.08. The lowest BCUT2D eigenvalue weighted by Gasteiger charge is -2.28. The third kappa shape index (κ3) is 11.5. The van der Waals surface area contributed by atoms with Crippen LogP contribution >= 0.6 is 22.7 Å². The Morgan fingerprint density at radius 3 is 1.60 bits per heavy atom. The topological polar surface area (TPSA) is 90.4 Å². The van der Waals surface area contributed by atoms with Gasteiger partial charge in [-0.15, -0.1) is 22.7 Å². The average Bonchev–Trinajstić information content (AvgIpc) is 4.02. The fourth-order valence-corrected chi connectivity index (χ4v) is 9.67. The number of benzene rings is 2. The maximum absolute atomic E-state index is 13.1. The van der Waals surface area contributed by atoms with Crippen molar-refractivity contribution in [3.05, 3.63) is 105 Å². The first-order chi connectivity index (χ1) is 25.4. The average molecular weight is 744 g/mol. The lowest BCUT2D eigenvalue weighted by molar-refractivity contribution is -0.129. The van der Waals surface area contributed by atoms with Crippen LogP contribution in [0.15, 0.2) is 83.8 Å². The highest BCUT2D eigenvalue weighted by molar-refractivity contribution is 7.09.